The van der Waals surface area contributed by atoms with Gasteiger partial charge in [-0.15, -0.1) is 0 Å². The van der Waals surface area contributed by atoms with E-state index in [-0.39, 0.29) is 29.9 Å². The summed E-state index contributed by atoms with van der Waals surface area (Å²) in [6, 6.07) is 0.531. The lowest BCUT2D eigenvalue weighted by atomic mass is 10.0. The second-order valence-electron chi connectivity index (χ2n) is 7.91. The summed E-state index contributed by atoms with van der Waals surface area (Å²) in [5.41, 5.74) is 0. The van der Waals surface area contributed by atoms with Crippen molar-refractivity contribution in [3.63, 3.8) is 0 Å². The van der Waals surface area contributed by atoms with E-state index >= 15 is 0 Å². The molecule has 2 aliphatic heterocycles. The van der Waals surface area contributed by atoms with Crippen molar-refractivity contribution in [1.82, 2.24) is 20.0 Å². The maximum Gasteiger partial charge on any atom is 0.239 e. The van der Waals surface area contributed by atoms with E-state index in [0.717, 1.165) is 44.9 Å². The van der Waals surface area contributed by atoms with Crippen molar-refractivity contribution < 1.29 is 9.59 Å². The van der Waals surface area contributed by atoms with E-state index in [1.807, 2.05) is 18.7 Å². The Morgan fingerprint density at radius 2 is 1.96 bits per heavy atom. The van der Waals surface area contributed by atoms with Gasteiger partial charge >= 0.3 is 0 Å². The first-order valence-electron chi connectivity index (χ1n) is 10.1. The number of nitrogens with one attached hydrogen (secondary N) is 1. The second-order valence-corrected chi connectivity index (χ2v) is 7.91. The van der Waals surface area contributed by atoms with E-state index in [4.69, 9.17) is 0 Å². The summed E-state index contributed by atoms with van der Waals surface area (Å²) < 4.78 is 0. The number of carbonyl (C=O) groups excluding carboxylic acids is 2. The van der Waals surface area contributed by atoms with Gasteiger partial charge in [0.15, 0.2) is 0 Å². The van der Waals surface area contributed by atoms with Crippen molar-refractivity contribution in [2.45, 2.75) is 64.1 Å². The molecule has 0 unspecified atom stereocenters. The minimum Gasteiger partial charge on any atom is -0.353 e. The number of hydrogen-bond donors (Lipinski definition) is 1. The lowest BCUT2D eigenvalue weighted by Crippen LogP contribution is -2.50. The summed E-state index contributed by atoms with van der Waals surface area (Å²) in [5, 5.41) is 3.15. The molecule has 0 aromatic rings. The third kappa shape index (κ3) is 4.17. The SMILES string of the molecule is CCN(CC)C(=O)CC[C@H]1CNC(=O)[C@@H]2[C@@H](CCN2CC2CC2)N1C. The summed E-state index contributed by atoms with van der Waals surface area (Å²) in [6.07, 6.45) is 5.08. The number of likely N-dealkylation sites (N-methyl/N-ethyl adjacent to an activating group) is 1. The second kappa shape index (κ2) is 8.04. The minimum atomic E-state index is -0.00548. The van der Waals surface area contributed by atoms with Gasteiger partial charge in [-0.1, -0.05) is 0 Å². The first-order valence-corrected chi connectivity index (χ1v) is 10.1. The lowest BCUT2D eigenvalue weighted by Gasteiger charge is -2.33. The van der Waals surface area contributed by atoms with Crippen molar-refractivity contribution >= 4 is 11.8 Å². The fraction of sp³-hybridized carbons (Fsp3) is 0.895. The lowest BCUT2D eigenvalue weighted by molar-refractivity contribution is -0.131. The van der Waals surface area contributed by atoms with Crippen molar-refractivity contribution in [2.75, 3.05) is 39.8 Å². The Hall–Kier alpha value is -1.14. The summed E-state index contributed by atoms with van der Waals surface area (Å²) in [7, 11) is 2.14. The molecule has 0 radical (unpaired) electrons. The van der Waals surface area contributed by atoms with Gasteiger partial charge in [-0.3, -0.25) is 19.4 Å². The normalized spacial score (nSPS) is 30.7. The summed E-state index contributed by atoms with van der Waals surface area (Å²) in [5.74, 6) is 1.22. The van der Waals surface area contributed by atoms with Crippen LogP contribution in [0.25, 0.3) is 0 Å². The van der Waals surface area contributed by atoms with Gasteiger partial charge < -0.3 is 10.2 Å². The maximum atomic E-state index is 12.7. The Morgan fingerprint density at radius 3 is 2.60 bits per heavy atom. The van der Waals surface area contributed by atoms with Gasteiger partial charge in [0.1, 0.15) is 6.04 Å². The standard InChI is InChI=1S/C19H34N4O2/c1-4-22(5-2)17(24)9-8-15-12-20-19(25)18-16(21(15)3)10-11-23(18)13-14-6-7-14/h14-16,18H,4-13H2,1-3H3,(H,20,25)/t15-,16+,18-/m0/s1. The molecule has 3 rings (SSSR count). The molecule has 0 spiro atoms. The monoisotopic (exact) mass is 350 g/mol. The molecule has 1 N–H and O–H groups in total. The van der Waals surface area contributed by atoms with Crippen LogP contribution in [0.5, 0.6) is 0 Å². The number of hydrogen-bond acceptors (Lipinski definition) is 4. The molecule has 3 atom stereocenters. The van der Waals surface area contributed by atoms with Crippen LogP contribution in [0.2, 0.25) is 0 Å². The molecule has 25 heavy (non-hydrogen) atoms. The van der Waals surface area contributed by atoms with Gasteiger partial charge in [0.25, 0.3) is 0 Å². The van der Waals surface area contributed by atoms with Crippen LogP contribution in [-0.4, -0.2) is 84.4 Å². The molecule has 1 saturated carbocycles. The average molecular weight is 351 g/mol. The quantitative estimate of drug-likeness (QED) is 0.742. The molecule has 0 aromatic carbocycles. The molecule has 2 heterocycles. The van der Waals surface area contributed by atoms with E-state index in [9.17, 15) is 9.59 Å². The highest BCUT2D eigenvalue weighted by Gasteiger charge is 2.46. The molecular weight excluding hydrogens is 316 g/mol. The molecule has 1 aliphatic carbocycles. The van der Waals surface area contributed by atoms with Crippen LogP contribution in [0.1, 0.15) is 46.0 Å². The first kappa shape index (κ1) is 18.6. The van der Waals surface area contributed by atoms with Crippen LogP contribution in [-0.2, 0) is 9.59 Å². The number of nitrogens with zero attached hydrogens (tertiary/aromatic N) is 3. The zero-order chi connectivity index (χ0) is 18.0. The molecule has 6 nitrogen and oxygen atoms in total. The summed E-state index contributed by atoms with van der Waals surface area (Å²) in [4.78, 5) is 31.7. The topological polar surface area (TPSA) is 55.9 Å². The maximum absolute atomic E-state index is 12.7. The van der Waals surface area contributed by atoms with Crippen LogP contribution in [0, 0.1) is 5.92 Å². The largest absolute Gasteiger partial charge is 0.353 e. The van der Waals surface area contributed by atoms with Crippen LogP contribution < -0.4 is 5.32 Å². The Bertz CT molecular complexity index is 490. The number of rotatable bonds is 7. The predicted octanol–water partition coefficient (Wildman–Crippen LogP) is 0.918. The van der Waals surface area contributed by atoms with Crippen LogP contribution >= 0.6 is 0 Å². The number of fused-ring (bicyclic) bond motifs is 1. The van der Waals surface area contributed by atoms with Gasteiger partial charge in [-0.05, 0) is 52.5 Å². The van der Waals surface area contributed by atoms with Gasteiger partial charge in [-0.25, -0.2) is 0 Å². The Balaban J connectivity index is 1.60. The minimum absolute atomic E-state index is 0.00548. The van der Waals surface area contributed by atoms with Crippen molar-refractivity contribution in [2.24, 2.45) is 5.92 Å². The zero-order valence-electron chi connectivity index (χ0n) is 16.0. The molecule has 2 saturated heterocycles. The molecular formula is C19H34N4O2. The third-order valence-corrected chi connectivity index (χ3v) is 6.35. The van der Waals surface area contributed by atoms with E-state index < -0.39 is 0 Å². The summed E-state index contributed by atoms with van der Waals surface area (Å²) >= 11 is 0. The highest BCUT2D eigenvalue weighted by atomic mass is 16.2. The van der Waals surface area contributed by atoms with Gasteiger partial charge in [0, 0.05) is 51.2 Å². The van der Waals surface area contributed by atoms with Gasteiger partial charge in [-0.2, -0.15) is 0 Å². The number of likely N-dealkylation sites (tertiary alicyclic amines) is 1. The molecule has 0 aromatic heterocycles. The van der Waals surface area contributed by atoms with Crippen LogP contribution in [0.4, 0.5) is 0 Å². The number of carbonyl (C=O) groups is 2. The first-order chi connectivity index (χ1) is 12.0. The van der Waals surface area contributed by atoms with Crippen LogP contribution in [0.3, 0.4) is 0 Å². The third-order valence-electron chi connectivity index (χ3n) is 6.35. The fourth-order valence-corrected chi connectivity index (χ4v) is 4.51. The Labute approximate surface area is 151 Å². The Morgan fingerprint density at radius 1 is 1.24 bits per heavy atom. The molecule has 3 fully saturated rings. The molecule has 6 heteroatoms. The van der Waals surface area contributed by atoms with Crippen molar-refractivity contribution in [1.29, 1.82) is 0 Å². The van der Waals surface area contributed by atoms with Crippen molar-refractivity contribution in [3.05, 3.63) is 0 Å². The fourth-order valence-electron chi connectivity index (χ4n) is 4.51. The van der Waals surface area contributed by atoms with E-state index in [1.165, 1.54) is 12.8 Å². The molecule has 142 valence electrons. The van der Waals surface area contributed by atoms with Gasteiger partial charge in [0.05, 0.1) is 0 Å². The van der Waals surface area contributed by atoms with E-state index in [0.29, 0.717) is 13.0 Å². The smallest absolute Gasteiger partial charge is 0.239 e. The average Bonchev–Trinajstić information content (AvgIpc) is 3.33. The highest BCUT2D eigenvalue weighted by Crippen LogP contribution is 2.34. The van der Waals surface area contributed by atoms with E-state index in [2.05, 4.69) is 22.2 Å². The molecule has 2 amide bonds. The van der Waals surface area contributed by atoms with Crippen LogP contribution in [0.15, 0.2) is 0 Å². The predicted molar refractivity (Wildman–Crippen MR) is 98.2 cm³/mol. The zero-order valence-corrected chi connectivity index (χ0v) is 16.0. The van der Waals surface area contributed by atoms with Gasteiger partial charge in [0.2, 0.25) is 11.8 Å². The number of amides is 2. The molecule has 0 bridgehead atoms. The summed E-state index contributed by atoms with van der Waals surface area (Å²) in [6.45, 7) is 8.35. The van der Waals surface area contributed by atoms with E-state index in [1.54, 1.807) is 0 Å². The molecule has 3 aliphatic rings. The highest BCUT2D eigenvalue weighted by molar-refractivity contribution is 5.83. The Kier molecular flexibility index (Phi) is 6.00. The van der Waals surface area contributed by atoms with Crippen molar-refractivity contribution in [3.8, 4) is 0 Å².